The number of methoxy groups -OCH3 is 1. The van der Waals surface area contributed by atoms with E-state index < -0.39 is 9.84 Å². The molecule has 2 N–H and O–H groups in total. The Labute approximate surface area is 180 Å². The lowest BCUT2D eigenvalue weighted by Gasteiger charge is -2.11. The fraction of sp³-hybridized carbons (Fsp3) is 0.333. The summed E-state index contributed by atoms with van der Waals surface area (Å²) in [6.45, 7) is 2.08. The fourth-order valence-electron chi connectivity index (χ4n) is 2.95. The number of nitrogens with one attached hydrogen (secondary N) is 2. The Bertz CT molecular complexity index is 1050. The highest BCUT2D eigenvalue weighted by Crippen LogP contribution is 2.34. The van der Waals surface area contributed by atoms with Gasteiger partial charge in [0.05, 0.1) is 23.4 Å². The van der Waals surface area contributed by atoms with Gasteiger partial charge >= 0.3 is 0 Å². The maximum Gasteiger partial charge on any atom is 0.228 e. The van der Waals surface area contributed by atoms with Crippen molar-refractivity contribution in [1.29, 1.82) is 0 Å². The van der Waals surface area contributed by atoms with Crippen molar-refractivity contribution in [3.05, 3.63) is 48.0 Å². The molecule has 0 radical (unpaired) electrons. The van der Waals surface area contributed by atoms with E-state index in [0.29, 0.717) is 17.2 Å². The molecule has 0 saturated carbocycles. The van der Waals surface area contributed by atoms with Crippen LogP contribution in [0.15, 0.2) is 52.3 Å². The molecule has 1 atom stereocenters. The van der Waals surface area contributed by atoms with Gasteiger partial charge in [-0.05, 0) is 24.3 Å². The van der Waals surface area contributed by atoms with Crippen molar-refractivity contribution in [2.45, 2.75) is 29.7 Å². The summed E-state index contributed by atoms with van der Waals surface area (Å²) in [5.41, 5.74) is 1.31. The molecule has 1 aliphatic rings. The minimum Gasteiger partial charge on any atom is -0.496 e. The lowest BCUT2D eigenvalue weighted by Crippen LogP contribution is -2.25. The lowest BCUT2D eigenvalue weighted by atomic mass is 10.2. The molecule has 0 bridgehead atoms. The summed E-state index contributed by atoms with van der Waals surface area (Å²) in [5.74, 6) is 0.320. The molecule has 160 valence electrons. The smallest absolute Gasteiger partial charge is 0.228 e. The molecule has 9 heteroatoms. The van der Waals surface area contributed by atoms with E-state index in [0.717, 1.165) is 10.5 Å². The van der Waals surface area contributed by atoms with Crippen LogP contribution >= 0.6 is 11.8 Å². The molecule has 1 heterocycles. The number of hydrogen-bond donors (Lipinski definition) is 2. The Morgan fingerprint density at radius 2 is 2.03 bits per heavy atom. The zero-order valence-corrected chi connectivity index (χ0v) is 18.4. The van der Waals surface area contributed by atoms with Crippen LogP contribution < -0.4 is 15.4 Å². The van der Waals surface area contributed by atoms with Crippen molar-refractivity contribution < 1.29 is 22.7 Å². The van der Waals surface area contributed by atoms with Crippen molar-refractivity contribution >= 4 is 39.1 Å². The molecule has 3 rings (SSSR count). The molecule has 1 aliphatic heterocycles. The molecule has 0 aliphatic carbocycles. The molecule has 30 heavy (non-hydrogen) atoms. The summed E-state index contributed by atoms with van der Waals surface area (Å²) in [6, 6.07) is 12.0. The second kappa shape index (κ2) is 9.53. The van der Waals surface area contributed by atoms with Crippen LogP contribution in [0.2, 0.25) is 0 Å². The Hall–Kier alpha value is -2.52. The normalized spacial score (nSPS) is 16.2. The predicted molar refractivity (Wildman–Crippen MR) is 116 cm³/mol. The largest absolute Gasteiger partial charge is 0.496 e. The van der Waals surface area contributed by atoms with E-state index in [-0.39, 0.29) is 41.3 Å². The standard InChI is InChI=1S/C21H24N2O5S2/c1-14-13-29-19-8-7-16(11-17(19)23-21(14)25)30(26,27)10-9-20(24)22-12-15-5-3-4-6-18(15)28-2/h3-8,11,14H,9-10,12-13H2,1-2H3,(H,22,24)(H,23,25)/t14-/m0/s1. The molecular weight excluding hydrogens is 424 g/mol. The zero-order chi connectivity index (χ0) is 21.7. The third-order valence-corrected chi connectivity index (χ3v) is 7.82. The molecule has 2 amide bonds. The van der Waals surface area contributed by atoms with Crippen molar-refractivity contribution in [2.24, 2.45) is 5.92 Å². The van der Waals surface area contributed by atoms with Gasteiger partial charge in [0.2, 0.25) is 11.8 Å². The number of rotatable bonds is 7. The highest BCUT2D eigenvalue weighted by atomic mass is 32.2. The molecule has 0 unspecified atom stereocenters. The van der Waals surface area contributed by atoms with E-state index in [9.17, 15) is 18.0 Å². The topological polar surface area (TPSA) is 102 Å². The number of ether oxygens (including phenoxy) is 1. The highest BCUT2D eigenvalue weighted by Gasteiger charge is 2.23. The number of thioether (sulfide) groups is 1. The van der Waals surface area contributed by atoms with Gasteiger partial charge in [-0.2, -0.15) is 0 Å². The molecule has 7 nitrogen and oxygen atoms in total. The molecule has 0 fully saturated rings. The van der Waals surface area contributed by atoms with Crippen molar-refractivity contribution in [2.75, 3.05) is 23.9 Å². The van der Waals surface area contributed by atoms with Gasteiger partial charge in [0, 0.05) is 35.1 Å². The molecule has 0 saturated heterocycles. The van der Waals surface area contributed by atoms with Crippen LogP contribution in [0.4, 0.5) is 5.69 Å². The molecule has 0 aromatic heterocycles. The third kappa shape index (κ3) is 5.34. The minimum atomic E-state index is -3.67. The first-order valence-corrected chi connectivity index (χ1v) is 12.1. The SMILES string of the molecule is COc1ccccc1CNC(=O)CCS(=O)(=O)c1ccc2c(c1)NC(=O)[C@@H](C)CS2. The third-order valence-electron chi connectivity index (χ3n) is 4.77. The van der Waals surface area contributed by atoms with E-state index >= 15 is 0 Å². The Kier molecular flexibility index (Phi) is 7.04. The Morgan fingerprint density at radius 3 is 2.80 bits per heavy atom. The van der Waals surface area contributed by atoms with Gasteiger partial charge in [0.15, 0.2) is 9.84 Å². The number of fused-ring (bicyclic) bond motifs is 1. The summed E-state index contributed by atoms with van der Waals surface area (Å²) >= 11 is 1.51. The Balaban J connectivity index is 1.62. The van der Waals surface area contributed by atoms with Crippen LogP contribution in [0.25, 0.3) is 0 Å². The Morgan fingerprint density at radius 1 is 1.27 bits per heavy atom. The second-order valence-electron chi connectivity index (χ2n) is 7.02. The zero-order valence-electron chi connectivity index (χ0n) is 16.8. The number of carbonyl (C=O) groups is 2. The monoisotopic (exact) mass is 448 g/mol. The van der Waals surface area contributed by atoms with Crippen LogP contribution in [0.1, 0.15) is 18.9 Å². The maximum atomic E-state index is 12.7. The number of carbonyl (C=O) groups excluding carboxylic acids is 2. The van der Waals surface area contributed by atoms with E-state index in [1.165, 1.54) is 23.9 Å². The highest BCUT2D eigenvalue weighted by molar-refractivity contribution is 7.99. The van der Waals surface area contributed by atoms with Crippen molar-refractivity contribution in [1.82, 2.24) is 5.32 Å². The van der Waals surface area contributed by atoms with Gasteiger partial charge in [-0.15, -0.1) is 11.8 Å². The number of hydrogen-bond acceptors (Lipinski definition) is 6. The van der Waals surface area contributed by atoms with Crippen LogP contribution in [-0.2, 0) is 26.0 Å². The number of benzene rings is 2. The van der Waals surface area contributed by atoms with E-state index in [2.05, 4.69) is 10.6 Å². The number of para-hydroxylation sites is 1. The van der Waals surface area contributed by atoms with Crippen molar-refractivity contribution in [3.63, 3.8) is 0 Å². The predicted octanol–water partition coefficient (Wildman–Crippen LogP) is 2.86. The summed E-state index contributed by atoms with van der Waals surface area (Å²) < 4.78 is 30.7. The number of amides is 2. The average molecular weight is 449 g/mol. The first-order chi connectivity index (χ1) is 14.3. The van der Waals surface area contributed by atoms with Gasteiger partial charge in [0.1, 0.15) is 5.75 Å². The first kappa shape index (κ1) is 22.2. The second-order valence-corrected chi connectivity index (χ2v) is 10.2. The summed E-state index contributed by atoms with van der Waals surface area (Å²) in [4.78, 5) is 25.2. The summed E-state index contributed by atoms with van der Waals surface area (Å²) in [5, 5.41) is 5.51. The quantitative estimate of drug-likeness (QED) is 0.675. The van der Waals surface area contributed by atoms with Gasteiger partial charge in [0.25, 0.3) is 0 Å². The number of sulfone groups is 1. The van der Waals surface area contributed by atoms with Crippen molar-refractivity contribution in [3.8, 4) is 5.75 Å². The van der Waals surface area contributed by atoms with E-state index in [1.807, 2.05) is 25.1 Å². The van der Waals surface area contributed by atoms with Crippen LogP contribution in [0, 0.1) is 5.92 Å². The fourth-order valence-corrected chi connectivity index (χ4v) is 5.22. The summed E-state index contributed by atoms with van der Waals surface area (Å²) in [6.07, 6.45) is -0.160. The molecular formula is C21H24N2O5S2. The average Bonchev–Trinajstić information content (AvgIpc) is 2.88. The van der Waals surface area contributed by atoms with E-state index in [4.69, 9.17) is 4.74 Å². The molecule has 2 aromatic carbocycles. The van der Waals surface area contributed by atoms with Crippen LogP contribution in [-0.4, -0.2) is 38.8 Å². The van der Waals surface area contributed by atoms with Gasteiger partial charge < -0.3 is 15.4 Å². The van der Waals surface area contributed by atoms with Crippen LogP contribution in [0.5, 0.6) is 5.75 Å². The molecule has 0 spiro atoms. The first-order valence-electron chi connectivity index (χ1n) is 9.49. The van der Waals surface area contributed by atoms with Crippen LogP contribution in [0.3, 0.4) is 0 Å². The minimum absolute atomic E-state index is 0.0919. The maximum absolute atomic E-state index is 12.7. The van der Waals surface area contributed by atoms with Gasteiger partial charge in [-0.1, -0.05) is 25.1 Å². The summed E-state index contributed by atoms with van der Waals surface area (Å²) in [7, 11) is -2.12. The number of anilines is 1. The van der Waals surface area contributed by atoms with Gasteiger partial charge in [-0.3, -0.25) is 9.59 Å². The van der Waals surface area contributed by atoms with E-state index in [1.54, 1.807) is 19.2 Å². The molecule has 2 aromatic rings. The lowest BCUT2D eigenvalue weighted by molar-refractivity contribution is -0.121. The van der Waals surface area contributed by atoms with Gasteiger partial charge in [-0.25, -0.2) is 8.42 Å².